The number of nitrogens with one attached hydrogen (secondary N) is 4. The molecule has 2 amide bonds. The molecular weight excluding hydrogens is 474 g/mol. The molecule has 0 aliphatic heterocycles. The molecule has 0 bridgehead atoms. The smallest absolute Gasteiger partial charge is 0.280 e. The maximum absolute atomic E-state index is 13.1. The zero-order chi connectivity index (χ0) is 26.4. The van der Waals surface area contributed by atoms with Crippen molar-refractivity contribution in [2.24, 2.45) is 0 Å². The normalized spacial score (nSPS) is 10.8. The largest absolute Gasteiger partial charge is 0.324 e. The number of pyridine rings is 1. The second kappa shape index (κ2) is 11.4. The standard InChI is InChI=1S/C26H27N7O4/c1-4-16-7-11-19(12-8-16)33-15-21(25(36)32-37-3)23(35)20-14-28-26(30-24(20)33)29-18-9-5-17(6-10-18)13-22(34)31-27-2/h5-12,14-15,27H,4,13H2,1-3H3,(H,31,34)(H,32,36)(H,28,29,30). The molecule has 11 heteroatoms. The van der Waals surface area contributed by atoms with Gasteiger partial charge in [-0.05, 0) is 41.8 Å². The van der Waals surface area contributed by atoms with E-state index in [-0.39, 0.29) is 29.2 Å². The summed E-state index contributed by atoms with van der Waals surface area (Å²) in [6, 6.07) is 15.0. The van der Waals surface area contributed by atoms with Crippen molar-refractivity contribution in [2.45, 2.75) is 19.8 Å². The number of rotatable bonds is 9. The summed E-state index contributed by atoms with van der Waals surface area (Å²) in [6.07, 6.45) is 3.95. The molecule has 4 rings (SSSR count). The van der Waals surface area contributed by atoms with Crippen molar-refractivity contribution in [1.82, 2.24) is 30.9 Å². The summed E-state index contributed by atoms with van der Waals surface area (Å²) in [5.74, 6) is -0.552. The SMILES string of the molecule is CCc1ccc(-n2cc(C(=O)NOC)c(=O)c3cnc(Nc4ccc(CC(=O)NNC)cc4)nc32)cc1. The van der Waals surface area contributed by atoms with Gasteiger partial charge in [-0.15, -0.1) is 0 Å². The number of hydrazine groups is 1. The lowest BCUT2D eigenvalue weighted by Crippen LogP contribution is -2.35. The number of hydroxylamine groups is 1. The predicted octanol–water partition coefficient (Wildman–Crippen LogP) is 2.17. The lowest BCUT2D eigenvalue weighted by atomic mass is 10.1. The van der Waals surface area contributed by atoms with Crippen LogP contribution >= 0.6 is 0 Å². The fraction of sp³-hybridized carbons (Fsp3) is 0.192. The number of amides is 2. The Morgan fingerprint density at radius 2 is 1.73 bits per heavy atom. The molecule has 0 aliphatic rings. The van der Waals surface area contributed by atoms with Gasteiger partial charge in [0, 0.05) is 30.8 Å². The molecule has 37 heavy (non-hydrogen) atoms. The van der Waals surface area contributed by atoms with Crippen LogP contribution in [0.25, 0.3) is 16.7 Å². The fourth-order valence-corrected chi connectivity index (χ4v) is 3.77. The minimum absolute atomic E-state index is 0.101. The molecule has 4 aromatic rings. The van der Waals surface area contributed by atoms with E-state index in [4.69, 9.17) is 4.84 Å². The first-order valence-electron chi connectivity index (χ1n) is 11.6. The Labute approximate surface area is 212 Å². The molecule has 0 fully saturated rings. The van der Waals surface area contributed by atoms with Gasteiger partial charge in [-0.1, -0.05) is 31.2 Å². The van der Waals surface area contributed by atoms with Crippen LogP contribution < -0.4 is 27.1 Å². The molecule has 0 unspecified atom stereocenters. The zero-order valence-electron chi connectivity index (χ0n) is 20.7. The van der Waals surface area contributed by atoms with Gasteiger partial charge in [0.1, 0.15) is 5.56 Å². The Bertz CT molecular complexity index is 1480. The number of benzene rings is 2. The minimum Gasteiger partial charge on any atom is -0.324 e. The van der Waals surface area contributed by atoms with Crippen molar-refractivity contribution in [3.05, 3.63) is 87.8 Å². The predicted molar refractivity (Wildman–Crippen MR) is 140 cm³/mol. The van der Waals surface area contributed by atoms with Crippen LogP contribution in [-0.4, -0.2) is 40.5 Å². The van der Waals surface area contributed by atoms with Gasteiger partial charge in [0.25, 0.3) is 5.91 Å². The summed E-state index contributed by atoms with van der Waals surface area (Å²) in [6.45, 7) is 2.06. The highest BCUT2D eigenvalue weighted by Crippen LogP contribution is 2.20. The number of aromatic nitrogens is 3. The third-order valence-corrected chi connectivity index (χ3v) is 5.65. The maximum Gasteiger partial charge on any atom is 0.280 e. The second-order valence-electron chi connectivity index (χ2n) is 8.12. The first-order valence-corrected chi connectivity index (χ1v) is 11.6. The molecule has 0 spiro atoms. The number of fused-ring (bicyclic) bond motifs is 1. The van der Waals surface area contributed by atoms with E-state index in [9.17, 15) is 14.4 Å². The number of hydrogen-bond donors (Lipinski definition) is 4. The van der Waals surface area contributed by atoms with Gasteiger partial charge < -0.3 is 9.88 Å². The molecule has 0 aliphatic carbocycles. The quantitative estimate of drug-likeness (QED) is 0.256. The van der Waals surface area contributed by atoms with Crippen molar-refractivity contribution in [3.63, 3.8) is 0 Å². The summed E-state index contributed by atoms with van der Waals surface area (Å²) in [4.78, 5) is 51.0. The highest BCUT2D eigenvalue weighted by atomic mass is 16.6. The summed E-state index contributed by atoms with van der Waals surface area (Å²) >= 11 is 0. The third-order valence-electron chi connectivity index (χ3n) is 5.65. The van der Waals surface area contributed by atoms with Crippen molar-refractivity contribution >= 4 is 34.5 Å². The van der Waals surface area contributed by atoms with E-state index in [1.807, 2.05) is 48.5 Å². The molecule has 2 heterocycles. The minimum atomic E-state index is -0.668. The van der Waals surface area contributed by atoms with Crippen molar-refractivity contribution in [1.29, 1.82) is 0 Å². The average molecular weight is 502 g/mol. The highest BCUT2D eigenvalue weighted by Gasteiger charge is 2.18. The van der Waals surface area contributed by atoms with E-state index < -0.39 is 11.3 Å². The van der Waals surface area contributed by atoms with E-state index in [0.717, 1.165) is 23.2 Å². The van der Waals surface area contributed by atoms with Crippen LogP contribution in [-0.2, 0) is 22.5 Å². The van der Waals surface area contributed by atoms with Crippen LogP contribution in [0.5, 0.6) is 0 Å². The number of hydrogen-bond acceptors (Lipinski definition) is 8. The number of carbonyl (C=O) groups is 2. The van der Waals surface area contributed by atoms with Gasteiger partial charge in [0.2, 0.25) is 17.3 Å². The van der Waals surface area contributed by atoms with Crippen molar-refractivity contribution in [2.75, 3.05) is 19.5 Å². The van der Waals surface area contributed by atoms with E-state index in [2.05, 4.69) is 38.5 Å². The molecule has 4 N–H and O–H groups in total. The van der Waals surface area contributed by atoms with Crippen molar-refractivity contribution < 1.29 is 14.4 Å². The Kier molecular flexibility index (Phi) is 7.86. The van der Waals surface area contributed by atoms with E-state index >= 15 is 0 Å². The molecule has 2 aromatic carbocycles. The Morgan fingerprint density at radius 3 is 2.38 bits per heavy atom. The molecule has 2 aromatic heterocycles. The van der Waals surface area contributed by atoms with Crippen LogP contribution in [0.1, 0.15) is 28.4 Å². The van der Waals surface area contributed by atoms with Gasteiger partial charge in [0.05, 0.1) is 18.9 Å². The zero-order valence-corrected chi connectivity index (χ0v) is 20.7. The molecule has 11 nitrogen and oxygen atoms in total. The van der Waals surface area contributed by atoms with Crippen LogP contribution in [0.3, 0.4) is 0 Å². The first-order chi connectivity index (χ1) is 17.9. The summed E-state index contributed by atoms with van der Waals surface area (Å²) in [5, 5.41) is 3.31. The molecular formula is C26H27N7O4. The highest BCUT2D eigenvalue weighted by molar-refractivity contribution is 5.96. The van der Waals surface area contributed by atoms with Gasteiger partial charge in [0.15, 0.2) is 5.65 Å². The molecule has 0 saturated heterocycles. The van der Waals surface area contributed by atoms with Gasteiger partial charge in [-0.25, -0.2) is 15.9 Å². The maximum atomic E-state index is 13.1. The first kappa shape index (κ1) is 25.5. The van der Waals surface area contributed by atoms with Gasteiger partial charge in [-0.3, -0.25) is 24.6 Å². The molecule has 0 radical (unpaired) electrons. The van der Waals surface area contributed by atoms with E-state index in [0.29, 0.717) is 11.3 Å². The van der Waals surface area contributed by atoms with Gasteiger partial charge in [-0.2, -0.15) is 4.98 Å². The van der Waals surface area contributed by atoms with Crippen LogP contribution in [0.4, 0.5) is 11.6 Å². The second-order valence-corrected chi connectivity index (χ2v) is 8.12. The Balaban J connectivity index is 1.73. The van der Waals surface area contributed by atoms with E-state index in [1.54, 1.807) is 11.6 Å². The summed E-state index contributed by atoms with van der Waals surface area (Å²) in [5.41, 5.74) is 10.5. The molecule has 190 valence electrons. The Morgan fingerprint density at radius 1 is 1.03 bits per heavy atom. The monoisotopic (exact) mass is 501 g/mol. The van der Waals surface area contributed by atoms with E-state index in [1.165, 1.54) is 19.5 Å². The molecule has 0 atom stereocenters. The number of carbonyl (C=O) groups excluding carboxylic acids is 2. The number of anilines is 2. The number of nitrogens with zero attached hydrogens (tertiary/aromatic N) is 3. The lowest BCUT2D eigenvalue weighted by Gasteiger charge is -2.14. The van der Waals surface area contributed by atoms with Crippen LogP contribution in [0, 0.1) is 0 Å². The average Bonchev–Trinajstić information content (AvgIpc) is 2.90. The Hall–Kier alpha value is -4.61. The fourth-order valence-electron chi connectivity index (χ4n) is 3.77. The third kappa shape index (κ3) is 5.80. The summed E-state index contributed by atoms with van der Waals surface area (Å²) in [7, 11) is 2.93. The van der Waals surface area contributed by atoms with Crippen LogP contribution in [0.2, 0.25) is 0 Å². The lowest BCUT2D eigenvalue weighted by molar-refractivity contribution is -0.121. The topological polar surface area (TPSA) is 139 Å². The summed E-state index contributed by atoms with van der Waals surface area (Å²) < 4.78 is 1.68. The van der Waals surface area contributed by atoms with Crippen LogP contribution in [0.15, 0.2) is 65.7 Å². The van der Waals surface area contributed by atoms with Gasteiger partial charge >= 0.3 is 0 Å². The number of aryl methyl sites for hydroxylation is 1. The molecule has 0 saturated carbocycles. The van der Waals surface area contributed by atoms with Crippen molar-refractivity contribution in [3.8, 4) is 5.69 Å².